The SMILES string of the molecule is Cn1nnnc1-n1c(OCc2cccc(NC(=O)OC(C)(C)C)n2)nc2c(-c3ccccc3)cccc21. The average molecular weight is 499 g/mol. The standard InChI is InChI=1S/C26H26N8O3/c1-26(2,3)37-25(35)28-21-15-8-12-18(27-21)16-36-24-29-22-19(17-10-6-5-7-11-17)13-9-14-20(22)34(24)23-30-31-32-33(23)4/h5-15H,16H2,1-4H3,(H,27,28,35). The largest absolute Gasteiger partial charge is 0.458 e. The van der Waals surface area contributed by atoms with Gasteiger partial charge in [0, 0.05) is 12.6 Å². The minimum atomic E-state index is -0.614. The van der Waals surface area contributed by atoms with E-state index in [1.165, 1.54) is 0 Å². The summed E-state index contributed by atoms with van der Waals surface area (Å²) >= 11 is 0. The molecular weight excluding hydrogens is 472 g/mol. The zero-order valence-electron chi connectivity index (χ0n) is 20.9. The molecule has 5 rings (SSSR count). The van der Waals surface area contributed by atoms with Gasteiger partial charge in [-0.15, -0.1) is 0 Å². The number of nitrogens with zero attached hydrogens (tertiary/aromatic N) is 7. The first-order chi connectivity index (χ1) is 17.8. The number of carbonyl (C=O) groups excluding carboxylic acids is 1. The summed E-state index contributed by atoms with van der Waals surface area (Å²) in [6, 6.07) is 21.5. The van der Waals surface area contributed by atoms with E-state index in [4.69, 9.17) is 14.5 Å². The number of aryl methyl sites for hydroxylation is 1. The Kier molecular flexibility index (Phi) is 6.26. The van der Waals surface area contributed by atoms with Gasteiger partial charge in [0.2, 0.25) is 0 Å². The second-order valence-electron chi connectivity index (χ2n) is 9.30. The van der Waals surface area contributed by atoms with E-state index in [0.717, 1.165) is 22.2 Å². The summed E-state index contributed by atoms with van der Waals surface area (Å²) in [6.45, 7) is 5.49. The van der Waals surface area contributed by atoms with Crippen molar-refractivity contribution in [2.24, 2.45) is 7.05 Å². The molecule has 188 valence electrons. The minimum Gasteiger partial charge on any atom is -0.458 e. The highest BCUT2D eigenvalue weighted by atomic mass is 16.6. The maximum absolute atomic E-state index is 12.1. The van der Waals surface area contributed by atoms with Crippen molar-refractivity contribution in [1.29, 1.82) is 0 Å². The fourth-order valence-corrected chi connectivity index (χ4v) is 3.81. The molecule has 0 aliphatic rings. The molecule has 11 nitrogen and oxygen atoms in total. The molecule has 0 atom stereocenters. The van der Waals surface area contributed by atoms with Crippen LogP contribution in [0.5, 0.6) is 6.01 Å². The quantitative estimate of drug-likeness (QED) is 0.362. The number of para-hydroxylation sites is 1. The molecule has 37 heavy (non-hydrogen) atoms. The van der Waals surface area contributed by atoms with E-state index < -0.39 is 11.7 Å². The zero-order chi connectivity index (χ0) is 26.0. The number of anilines is 1. The van der Waals surface area contributed by atoms with Gasteiger partial charge < -0.3 is 9.47 Å². The average Bonchev–Trinajstić information content (AvgIpc) is 3.44. The van der Waals surface area contributed by atoms with Crippen LogP contribution in [-0.4, -0.2) is 46.4 Å². The molecule has 1 N–H and O–H groups in total. The Labute approximate surface area is 213 Å². The summed E-state index contributed by atoms with van der Waals surface area (Å²) in [7, 11) is 1.75. The molecule has 3 heterocycles. The third kappa shape index (κ3) is 5.25. The summed E-state index contributed by atoms with van der Waals surface area (Å²) in [4.78, 5) is 21.4. The molecule has 1 amide bonds. The van der Waals surface area contributed by atoms with Crippen molar-refractivity contribution in [2.45, 2.75) is 33.0 Å². The van der Waals surface area contributed by atoms with Crippen molar-refractivity contribution >= 4 is 22.9 Å². The molecule has 3 aromatic heterocycles. The first-order valence-corrected chi connectivity index (χ1v) is 11.7. The highest BCUT2D eigenvalue weighted by molar-refractivity contribution is 5.93. The lowest BCUT2D eigenvalue weighted by Gasteiger charge is -2.19. The first-order valence-electron chi connectivity index (χ1n) is 11.7. The van der Waals surface area contributed by atoms with Crippen molar-refractivity contribution in [3.05, 3.63) is 72.4 Å². The third-order valence-electron chi connectivity index (χ3n) is 5.32. The summed E-state index contributed by atoms with van der Waals surface area (Å²) in [6.07, 6.45) is -0.580. The van der Waals surface area contributed by atoms with E-state index in [1.807, 2.05) is 48.5 Å². The van der Waals surface area contributed by atoms with Gasteiger partial charge in [-0.25, -0.2) is 19.0 Å². The van der Waals surface area contributed by atoms with Crippen LogP contribution in [0, 0.1) is 0 Å². The lowest BCUT2D eigenvalue weighted by atomic mass is 10.0. The maximum Gasteiger partial charge on any atom is 0.413 e. The Hall–Kier alpha value is -4.80. The summed E-state index contributed by atoms with van der Waals surface area (Å²) in [5.74, 6) is 0.809. The van der Waals surface area contributed by atoms with Gasteiger partial charge in [0.1, 0.15) is 23.5 Å². The monoisotopic (exact) mass is 498 g/mol. The Morgan fingerprint density at radius 2 is 1.76 bits per heavy atom. The van der Waals surface area contributed by atoms with E-state index in [9.17, 15) is 4.79 Å². The van der Waals surface area contributed by atoms with Crippen LogP contribution >= 0.6 is 0 Å². The molecular formula is C26H26N8O3. The molecule has 0 saturated carbocycles. The van der Waals surface area contributed by atoms with Crippen LogP contribution < -0.4 is 10.1 Å². The number of tetrazole rings is 1. The van der Waals surface area contributed by atoms with Gasteiger partial charge in [-0.3, -0.25) is 5.32 Å². The lowest BCUT2D eigenvalue weighted by Crippen LogP contribution is -2.27. The van der Waals surface area contributed by atoms with Gasteiger partial charge in [0.25, 0.3) is 5.95 Å². The van der Waals surface area contributed by atoms with E-state index >= 15 is 0 Å². The molecule has 5 aromatic rings. The van der Waals surface area contributed by atoms with E-state index in [1.54, 1.807) is 55.3 Å². The smallest absolute Gasteiger partial charge is 0.413 e. The molecule has 0 bridgehead atoms. The molecule has 0 aliphatic heterocycles. The molecule has 0 radical (unpaired) electrons. The molecule has 0 spiro atoms. The molecule has 11 heteroatoms. The number of imidazole rings is 1. The number of benzene rings is 2. The highest BCUT2D eigenvalue weighted by Crippen LogP contribution is 2.32. The number of hydrogen-bond donors (Lipinski definition) is 1. The van der Waals surface area contributed by atoms with Crippen molar-refractivity contribution < 1.29 is 14.3 Å². The number of nitrogens with one attached hydrogen (secondary N) is 1. The van der Waals surface area contributed by atoms with Crippen LogP contribution in [0.15, 0.2) is 66.7 Å². The van der Waals surface area contributed by atoms with Crippen molar-refractivity contribution in [2.75, 3.05) is 5.32 Å². The molecule has 2 aromatic carbocycles. The Bertz CT molecular complexity index is 1550. The number of rotatable bonds is 6. The highest BCUT2D eigenvalue weighted by Gasteiger charge is 2.21. The summed E-state index contributed by atoms with van der Waals surface area (Å²) in [5, 5.41) is 14.6. The van der Waals surface area contributed by atoms with Gasteiger partial charge in [0.15, 0.2) is 0 Å². The Balaban J connectivity index is 1.47. The zero-order valence-corrected chi connectivity index (χ0v) is 20.9. The Morgan fingerprint density at radius 3 is 2.49 bits per heavy atom. The predicted molar refractivity (Wildman–Crippen MR) is 137 cm³/mol. The van der Waals surface area contributed by atoms with Crippen LogP contribution in [0.25, 0.3) is 28.1 Å². The lowest BCUT2D eigenvalue weighted by molar-refractivity contribution is 0.0635. The van der Waals surface area contributed by atoms with Gasteiger partial charge >= 0.3 is 12.1 Å². The van der Waals surface area contributed by atoms with Crippen LogP contribution in [-0.2, 0) is 18.4 Å². The predicted octanol–water partition coefficient (Wildman–Crippen LogP) is 4.54. The van der Waals surface area contributed by atoms with E-state index in [0.29, 0.717) is 23.5 Å². The van der Waals surface area contributed by atoms with Crippen LogP contribution in [0.4, 0.5) is 10.6 Å². The van der Waals surface area contributed by atoms with E-state index in [2.05, 4.69) is 25.8 Å². The summed E-state index contributed by atoms with van der Waals surface area (Å²) in [5.41, 5.74) is 3.51. The van der Waals surface area contributed by atoms with Gasteiger partial charge in [0.05, 0.1) is 11.2 Å². The number of amides is 1. The van der Waals surface area contributed by atoms with Crippen molar-refractivity contribution in [1.82, 2.24) is 34.7 Å². The Morgan fingerprint density at radius 1 is 0.973 bits per heavy atom. The first kappa shape index (κ1) is 23.9. The van der Waals surface area contributed by atoms with Gasteiger partial charge in [-0.05, 0) is 55.0 Å². The molecule has 0 saturated heterocycles. The molecule has 0 fully saturated rings. The van der Waals surface area contributed by atoms with Crippen LogP contribution in [0.3, 0.4) is 0 Å². The topological polar surface area (TPSA) is 122 Å². The van der Waals surface area contributed by atoms with E-state index in [-0.39, 0.29) is 6.61 Å². The van der Waals surface area contributed by atoms with Gasteiger partial charge in [-0.1, -0.05) is 53.6 Å². The number of carbonyl (C=O) groups is 1. The number of fused-ring (bicyclic) bond motifs is 1. The maximum atomic E-state index is 12.1. The number of aromatic nitrogens is 7. The fraction of sp³-hybridized carbons (Fsp3) is 0.231. The number of ether oxygens (including phenoxy) is 2. The number of pyridine rings is 1. The van der Waals surface area contributed by atoms with Crippen LogP contribution in [0.2, 0.25) is 0 Å². The second-order valence-corrected chi connectivity index (χ2v) is 9.30. The normalized spacial score (nSPS) is 11.5. The van der Waals surface area contributed by atoms with Crippen molar-refractivity contribution in [3.63, 3.8) is 0 Å². The van der Waals surface area contributed by atoms with Crippen molar-refractivity contribution in [3.8, 4) is 23.1 Å². The van der Waals surface area contributed by atoms with Gasteiger partial charge in [-0.2, -0.15) is 4.98 Å². The molecule has 0 unspecified atom stereocenters. The van der Waals surface area contributed by atoms with Crippen LogP contribution in [0.1, 0.15) is 26.5 Å². The third-order valence-corrected chi connectivity index (χ3v) is 5.32. The fourth-order valence-electron chi connectivity index (χ4n) is 3.81. The number of hydrogen-bond acceptors (Lipinski definition) is 8. The molecule has 0 aliphatic carbocycles. The second kappa shape index (κ2) is 9.69. The minimum absolute atomic E-state index is 0.0963. The summed E-state index contributed by atoms with van der Waals surface area (Å²) < 4.78 is 14.8.